The number of β-amino-alcohol motifs (C(OH)–C–C–N with tert-alkyl or cyclic N) is 1. The molecule has 1 aliphatic heterocycles. The van der Waals surface area contributed by atoms with Crippen molar-refractivity contribution >= 4 is 0 Å². The Labute approximate surface area is 61.6 Å². The number of aliphatic hydroxyl groups is 1. The molecule has 1 saturated heterocycles. The van der Waals surface area contributed by atoms with E-state index >= 15 is 0 Å². The van der Waals surface area contributed by atoms with E-state index in [2.05, 4.69) is 4.90 Å². The molecule has 0 aliphatic carbocycles. The van der Waals surface area contributed by atoms with Crippen LogP contribution < -0.4 is 0 Å². The molecule has 1 heterocycles. The molecule has 1 N–H and O–H groups in total. The quantitative estimate of drug-likeness (QED) is 0.579. The summed E-state index contributed by atoms with van der Waals surface area (Å²) in [6.07, 6.45) is -0.210. The van der Waals surface area contributed by atoms with Crippen LogP contribution in [-0.4, -0.2) is 49.0 Å². The van der Waals surface area contributed by atoms with Crippen LogP contribution in [0.1, 0.15) is 6.92 Å². The third-order valence-corrected chi connectivity index (χ3v) is 1.63. The minimum absolute atomic E-state index is 0.210. The standard InChI is InChI=1S/C7H15NO2/c1-7(9)6-8-2-4-10-5-3-8/h7,9H,2-6H2,1H3/t7-/m1/s1. The van der Waals surface area contributed by atoms with Gasteiger partial charge in [0.05, 0.1) is 19.3 Å². The van der Waals surface area contributed by atoms with Crippen LogP contribution >= 0.6 is 0 Å². The van der Waals surface area contributed by atoms with Crippen molar-refractivity contribution in [1.29, 1.82) is 0 Å². The van der Waals surface area contributed by atoms with Gasteiger partial charge in [-0.15, -0.1) is 0 Å². The van der Waals surface area contributed by atoms with E-state index in [0.29, 0.717) is 0 Å². The lowest BCUT2D eigenvalue weighted by Crippen LogP contribution is -2.40. The molecule has 1 rings (SSSR count). The third kappa shape index (κ3) is 2.64. The Balaban J connectivity index is 2.13. The Morgan fingerprint density at radius 2 is 2.10 bits per heavy atom. The predicted molar refractivity (Wildman–Crippen MR) is 38.9 cm³/mol. The van der Waals surface area contributed by atoms with Crippen LogP contribution in [0.4, 0.5) is 0 Å². The first-order valence-corrected chi connectivity index (χ1v) is 3.77. The maximum atomic E-state index is 9.02. The molecule has 0 radical (unpaired) electrons. The summed E-state index contributed by atoms with van der Waals surface area (Å²) in [4.78, 5) is 2.22. The van der Waals surface area contributed by atoms with Crippen molar-refractivity contribution in [3.05, 3.63) is 0 Å². The van der Waals surface area contributed by atoms with Crippen molar-refractivity contribution in [2.24, 2.45) is 0 Å². The van der Waals surface area contributed by atoms with Crippen molar-refractivity contribution in [2.75, 3.05) is 32.8 Å². The molecule has 1 fully saturated rings. The average Bonchev–Trinajstić information content (AvgIpc) is 1.88. The van der Waals surface area contributed by atoms with E-state index in [1.807, 2.05) is 6.92 Å². The highest BCUT2D eigenvalue weighted by Gasteiger charge is 2.11. The normalized spacial score (nSPS) is 24.6. The number of rotatable bonds is 2. The molecule has 0 spiro atoms. The Morgan fingerprint density at radius 1 is 1.50 bits per heavy atom. The maximum absolute atomic E-state index is 9.02. The summed E-state index contributed by atoms with van der Waals surface area (Å²) >= 11 is 0. The highest BCUT2D eigenvalue weighted by Crippen LogP contribution is 1.97. The number of nitrogens with zero attached hydrogens (tertiary/aromatic N) is 1. The molecular formula is C7H15NO2. The first-order valence-electron chi connectivity index (χ1n) is 3.77. The van der Waals surface area contributed by atoms with Gasteiger partial charge in [-0.1, -0.05) is 0 Å². The zero-order valence-corrected chi connectivity index (χ0v) is 6.42. The van der Waals surface area contributed by atoms with Crippen molar-refractivity contribution in [3.63, 3.8) is 0 Å². The van der Waals surface area contributed by atoms with Crippen LogP contribution in [0, 0.1) is 0 Å². The highest BCUT2D eigenvalue weighted by molar-refractivity contribution is 4.63. The van der Waals surface area contributed by atoms with Gasteiger partial charge in [0, 0.05) is 19.6 Å². The van der Waals surface area contributed by atoms with Gasteiger partial charge in [0.2, 0.25) is 0 Å². The first-order chi connectivity index (χ1) is 4.79. The lowest BCUT2D eigenvalue weighted by molar-refractivity contribution is 0.0181. The minimum Gasteiger partial charge on any atom is -0.392 e. The van der Waals surface area contributed by atoms with Crippen LogP contribution in [0.15, 0.2) is 0 Å². The van der Waals surface area contributed by atoms with Gasteiger partial charge >= 0.3 is 0 Å². The summed E-state index contributed by atoms with van der Waals surface area (Å²) in [6.45, 7) is 6.15. The lowest BCUT2D eigenvalue weighted by atomic mass is 10.3. The monoisotopic (exact) mass is 145 g/mol. The number of hydrogen-bond acceptors (Lipinski definition) is 3. The fourth-order valence-corrected chi connectivity index (χ4v) is 1.16. The molecule has 0 saturated carbocycles. The van der Waals surface area contributed by atoms with Gasteiger partial charge in [0.25, 0.3) is 0 Å². The van der Waals surface area contributed by atoms with E-state index in [-0.39, 0.29) is 6.10 Å². The molecule has 10 heavy (non-hydrogen) atoms. The molecule has 3 nitrogen and oxygen atoms in total. The van der Waals surface area contributed by atoms with Crippen LogP contribution in [-0.2, 0) is 4.74 Å². The number of hydrogen-bond donors (Lipinski definition) is 1. The fraction of sp³-hybridized carbons (Fsp3) is 1.00. The van der Waals surface area contributed by atoms with Gasteiger partial charge in [0.15, 0.2) is 0 Å². The smallest absolute Gasteiger partial charge is 0.0639 e. The second kappa shape index (κ2) is 3.91. The van der Waals surface area contributed by atoms with Gasteiger partial charge in [-0.3, -0.25) is 4.90 Å². The lowest BCUT2D eigenvalue weighted by Gasteiger charge is -2.27. The molecule has 0 unspecified atom stereocenters. The zero-order valence-electron chi connectivity index (χ0n) is 6.42. The van der Waals surface area contributed by atoms with E-state index in [1.54, 1.807) is 0 Å². The molecule has 60 valence electrons. The summed E-state index contributed by atoms with van der Waals surface area (Å²) < 4.78 is 5.16. The number of morpholine rings is 1. The van der Waals surface area contributed by atoms with Gasteiger partial charge < -0.3 is 9.84 Å². The molecule has 1 aliphatic rings. The summed E-state index contributed by atoms with van der Waals surface area (Å²) in [5, 5.41) is 9.02. The van der Waals surface area contributed by atoms with E-state index in [0.717, 1.165) is 32.8 Å². The van der Waals surface area contributed by atoms with E-state index < -0.39 is 0 Å². The van der Waals surface area contributed by atoms with Gasteiger partial charge in [-0.05, 0) is 6.92 Å². The van der Waals surface area contributed by atoms with Crippen molar-refractivity contribution in [3.8, 4) is 0 Å². The zero-order chi connectivity index (χ0) is 7.40. The topological polar surface area (TPSA) is 32.7 Å². The Kier molecular flexibility index (Phi) is 3.12. The van der Waals surface area contributed by atoms with Crippen molar-refractivity contribution < 1.29 is 9.84 Å². The number of ether oxygens (including phenoxy) is 1. The Hall–Kier alpha value is -0.120. The third-order valence-electron chi connectivity index (χ3n) is 1.63. The molecule has 0 bridgehead atoms. The Bertz CT molecular complexity index is 89.6. The van der Waals surface area contributed by atoms with Crippen molar-refractivity contribution in [2.45, 2.75) is 13.0 Å². The van der Waals surface area contributed by atoms with E-state index in [4.69, 9.17) is 9.84 Å². The van der Waals surface area contributed by atoms with Gasteiger partial charge in [0.1, 0.15) is 0 Å². The molecule has 0 aromatic carbocycles. The van der Waals surface area contributed by atoms with Crippen molar-refractivity contribution in [1.82, 2.24) is 4.90 Å². The van der Waals surface area contributed by atoms with Crippen LogP contribution in [0.3, 0.4) is 0 Å². The van der Waals surface area contributed by atoms with Gasteiger partial charge in [-0.25, -0.2) is 0 Å². The SMILES string of the molecule is C[C@@H](O)CN1CCOCC1. The summed E-state index contributed by atoms with van der Waals surface area (Å²) in [7, 11) is 0. The molecule has 0 amide bonds. The number of aliphatic hydroxyl groups excluding tert-OH is 1. The molecular weight excluding hydrogens is 130 g/mol. The first kappa shape index (κ1) is 7.98. The average molecular weight is 145 g/mol. The summed E-state index contributed by atoms with van der Waals surface area (Å²) in [6, 6.07) is 0. The second-order valence-electron chi connectivity index (χ2n) is 2.76. The maximum Gasteiger partial charge on any atom is 0.0639 e. The van der Waals surface area contributed by atoms with Crippen LogP contribution in [0.5, 0.6) is 0 Å². The molecule has 0 aromatic rings. The summed E-state index contributed by atoms with van der Waals surface area (Å²) in [5.41, 5.74) is 0. The molecule has 1 atom stereocenters. The molecule has 0 aromatic heterocycles. The van der Waals surface area contributed by atoms with E-state index in [1.165, 1.54) is 0 Å². The molecule has 3 heteroatoms. The fourth-order valence-electron chi connectivity index (χ4n) is 1.16. The van der Waals surface area contributed by atoms with E-state index in [9.17, 15) is 0 Å². The predicted octanol–water partition coefficient (Wildman–Crippen LogP) is -0.301. The van der Waals surface area contributed by atoms with Crippen LogP contribution in [0.25, 0.3) is 0 Å². The Morgan fingerprint density at radius 3 is 2.60 bits per heavy atom. The van der Waals surface area contributed by atoms with Gasteiger partial charge in [-0.2, -0.15) is 0 Å². The largest absolute Gasteiger partial charge is 0.392 e. The summed E-state index contributed by atoms with van der Waals surface area (Å²) in [5.74, 6) is 0. The second-order valence-corrected chi connectivity index (χ2v) is 2.76. The van der Waals surface area contributed by atoms with Crippen LogP contribution in [0.2, 0.25) is 0 Å². The minimum atomic E-state index is -0.210. The highest BCUT2D eigenvalue weighted by atomic mass is 16.5.